The van der Waals surface area contributed by atoms with Crippen molar-refractivity contribution in [3.63, 3.8) is 0 Å². The van der Waals surface area contributed by atoms with Gasteiger partial charge < -0.3 is 4.74 Å². The first kappa shape index (κ1) is 11.6. The Morgan fingerprint density at radius 3 is 1.83 bits per heavy atom. The molecule has 12 heavy (non-hydrogen) atoms. The Hall–Kier alpha value is -0.443. The summed E-state index contributed by atoms with van der Waals surface area (Å²) in [6.45, 7) is 7.95. The molecule has 0 atom stereocenters. The van der Waals surface area contributed by atoms with Gasteiger partial charge >= 0.3 is 0 Å². The lowest BCUT2D eigenvalue weighted by atomic mass is 10.4. The quantitative estimate of drug-likeness (QED) is 0.357. The second-order valence-electron chi connectivity index (χ2n) is 3.69. The van der Waals surface area contributed by atoms with Crippen LogP contribution in [0.1, 0.15) is 12.8 Å². The van der Waals surface area contributed by atoms with Crippen molar-refractivity contribution in [1.82, 2.24) is 0 Å². The van der Waals surface area contributed by atoms with Crippen LogP contribution < -0.4 is 0 Å². The van der Waals surface area contributed by atoms with Gasteiger partial charge in [0, 0.05) is 13.2 Å². The molecular weight excluding hydrogens is 170 g/mol. The molecule has 1 fully saturated rings. The highest BCUT2D eigenvalue weighted by atomic mass is 28.3. The van der Waals surface area contributed by atoms with Crippen LogP contribution in [0.5, 0.6) is 0 Å². The van der Waals surface area contributed by atoms with Crippen molar-refractivity contribution in [3.8, 4) is 0 Å². The molecular formula is C8H17NO2Si. The monoisotopic (exact) mass is 187 g/mol. The molecule has 1 aliphatic rings. The Morgan fingerprint density at radius 2 is 1.75 bits per heavy atom. The molecule has 1 heterocycles. The molecule has 0 saturated carbocycles. The molecule has 0 N–H and O–H groups in total. The number of nitrogens with zero attached hydrogens (tertiary/aromatic N) is 1. The lowest BCUT2D eigenvalue weighted by Crippen LogP contribution is -2.14. The molecule has 0 aromatic heterocycles. The summed E-state index contributed by atoms with van der Waals surface area (Å²) in [6, 6.07) is 0. The lowest BCUT2D eigenvalue weighted by molar-refractivity contribution is 0.198. The summed E-state index contributed by atoms with van der Waals surface area (Å²) < 4.78 is 8.53. The van der Waals surface area contributed by atoms with Crippen LogP contribution in [-0.4, -0.2) is 27.5 Å². The highest BCUT2D eigenvalue weighted by molar-refractivity contribution is 6.74. The first-order chi connectivity index (χ1) is 5.56. The second kappa shape index (κ2) is 6.12. The van der Waals surface area contributed by atoms with Crippen LogP contribution in [0.2, 0.25) is 19.6 Å². The van der Waals surface area contributed by atoms with Gasteiger partial charge in [0.25, 0.3) is 0 Å². The third-order valence-electron chi connectivity index (χ3n) is 1.21. The van der Waals surface area contributed by atoms with Crippen LogP contribution in [0.25, 0.3) is 0 Å². The van der Waals surface area contributed by atoms with Gasteiger partial charge in [-0.15, -0.1) is 0 Å². The molecule has 0 aromatic rings. The highest BCUT2D eigenvalue weighted by Crippen LogP contribution is 1.98. The van der Waals surface area contributed by atoms with E-state index in [1.807, 2.05) is 19.6 Å². The van der Waals surface area contributed by atoms with E-state index in [0.29, 0.717) is 0 Å². The van der Waals surface area contributed by atoms with Crippen LogP contribution in [0.3, 0.4) is 0 Å². The van der Waals surface area contributed by atoms with E-state index in [0.717, 1.165) is 13.2 Å². The zero-order valence-corrected chi connectivity index (χ0v) is 9.09. The molecule has 1 saturated heterocycles. The molecule has 1 rings (SSSR count). The SMILES string of the molecule is C1CCOC1.C[Si](C)(C)N=C=O. The highest BCUT2D eigenvalue weighted by Gasteiger charge is 2.09. The molecule has 0 amide bonds. The number of isocyanates is 1. The van der Waals surface area contributed by atoms with E-state index in [4.69, 9.17) is 4.74 Å². The van der Waals surface area contributed by atoms with E-state index in [2.05, 4.69) is 4.66 Å². The van der Waals surface area contributed by atoms with Crippen LogP contribution in [0.15, 0.2) is 4.66 Å². The van der Waals surface area contributed by atoms with Crippen LogP contribution in [0.4, 0.5) is 0 Å². The van der Waals surface area contributed by atoms with Gasteiger partial charge in [-0.25, -0.2) is 9.45 Å². The van der Waals surface area contributed by atoms with Gasteiger partial charge in [0.15, 0.2) is 8.24 Å². The van der Waals surface area contributed by atoms with Gasteiger partial charge in [-0.05, 0) is 32.5 Å². The zero-order valence-electron chi connectivity index (χ0n) is 8.09. The van der Waals surface area contributed by atoms with Gasteiger partial charge in [-0.3, -0.25) is 0 Å². The van der Waals surface area contributed by atoms with E-state index in [-0.39, 0.29) is 0 Å². The molecule has 0 unspecified atom stereocenters. The van der Waals surface area contributed by atoms with E-state index in [1.54, 1.807) is 6.08 Å². The third-order valence-corrected chi connectivity index (χ3v) is 1.97. The topological polar surface area (TPSA) is 38.7 Å². The molecule has 70 valence electrons. The summed E-state index contributed by atoms with van der Waals surface area (Å²) in [5, 5.41) is 0. The predicted octanol–water partition coefficient (Wildman–Crippen LogP) is 1.95. The van der Waals surface area contributed by atoms with Gasteiger partial charge in [-0.2, -0.15) is 0 Å². The average molecular weight is 187 g/mol. The summed E-state index contributed by atoms with van der Waals surface area (Å²) in [6.07, 6.45) is 4.10. The Bertz CT molecular complexity index is 147. The maximum absolute atomic E-state index is 9.56. The van der Waals surface area contributed by atoms with Crippen molar-refractivity contribution in [1.29, 1.82) is 0 Å². The fourth-order valence-electron chi connectivity index (χ4n) is 0.647. The smallest absolute Gasteiger partial charge is 0.224 e. The number of hydrogen-bond acceptors (Lipinski definition) is 3. The van der Waals surface area contributed by atoms with Crippen LogP contribution in [-0.2, 0) is 9.53 Å². The van der Waals surface area contributed by atoms with Crippen molar-refractivity contribution in [2.75, 3.05) is 13.2 Å². The zero-order chi connectivity index (χ0) is 9.45. The first-order valence-electron chi connectivity index (χ1n) is 4.23. The lowest BCUT2D eigenvalue weighted by Gasteiger charge is -2.01. The molecule has 0 bridgehead atoms. The fraction of sp³-hybridized carbons (Fsp3) is 0.875. The van der Waals surface area contributed by atoms with Crippen LogP contribution in [0, 0.1) is 0 Å². The van der Waals surface area contributed by atoms with Crippen molar-refractivity contribution >= 4 is 14.3 Å². The minimum atomic E-state index is -1.46. The molecule has 4 heteroatoms. The van der Waals surface area contributed by atoms with Crippen molar-refractivity contribution in [2.24, 2.45) is 4.66 Å². The van der Waals surface area contributed by atoms with Gasteiger partial charge in [0.2, 0.25) is 6.08 Å². The normalized spacial score (nSPS) is 15.9. The maximum Gasteiger partial charge on any atom is 0.224 e. The summed E-state index contributed by atoms with van der Waals surface area (Å²) in [4.78, 5) is 9.56. The summed E-state index contributed by atoms with van der Waals surface area (Å²) in [7, 11) is -1.46. The van der Waals surface area contributed by atoms with Gasteiger partial charge in [-0.1, -0.05) is 0 Å². The number of ether oxygens (including phenoxy) is 1. The molecule has 0 aliphatic carbocycles. The Labute approximate surface area is 74.9 Å². The first-order valence-corrected chi connectivity index (χ1v) is 7.68. The second-order valence-corrected chi connectivity index (χ2v) is 8.26. The number of carbonyl (C=O) groups excluding carboxylic acids is 1. The van der Waals surface area contributed by atoms with Gasteiger partial charge in [0.05, 0.1) is 0 Å². The van der Waals surface area contributed by atoms with Gasteiger partial charge in [0.1, 0.15) is 0 Å². The van der Waals surface area contributed by atoms with E-state index in [1.165, 1.54) is 12.8 Å². The molecule has 0 aromatic carbocycles. The predicted molar refractivity (Wildman–Crippen MR) is 51.5 cm³/mol. The van der Waals surface area contributed by atoms with E-state index >= 15 is 0 Å². The minimum Gasteiger partial charge on any atom is -0.381 e. The molecule has 0 spiro atoms. The maximum atomic E-state index is 9.56. The summed E-state index contributed by atoms with van der Waals surface area (Å²) >= 11 is 0. The standard InChI is InChI=1S/C4H9NOSi.C4H8O/c1-7(2,3)5-4-6;1-2-4-5-3-1/h1-3H3;1-4H2. The summed E-state index contributed by atoms with van der Waals surface area (Å²) in [5.41, 5.74) is 0. The van der Waals surface area contributed by atoms with Crippen molar-refractivity contribution < 1.29 is 9.53 Å². The third kappa shape index (κ3) is 9.56. The number of hydrogen-bond donors (Lipinski definition) is 0. The fourth-order valence-corrected chi connectivity index (χ4v) is 0.921. The molecule has 1 aliphatic heterocycles. The Kier molecular flexibility index (Phi) is 5.89. The summed E-state index contributed by atoms with van der Waals surface area (Å²) in [5.74, 6) is 0. The minimum absolute atomic E-state index is 1.00. The van der Waals surface area contributed by atoms with Crippen molar-refractivity contribution in [3.05, 3.63) is 0 Å². The van der Waals surface area contributed by atoms with E-state index < -0.39 is 8.24 Å². The Balaban J connectivity index is 0.000000211. The molecule has 3 nitrogen and oxygen atoms in total. The van der Waals surface area contributed by atoms with Crippen molar-refractivity contribution in [2.45, 2.75) is 32.5 Å². The van der Waals surface area contributed by atoms with Crippen LogP contribution >= 0.6 is 0 Å². The van der Waals surface area contributed by atoms with E-state index in [9.17, 15) is 4.79 Å². The Morgan fingerprint density at radius 1 is 1.25 bits per heavy atom. The average Bonchev–Trinajstić information content (AvgIpc) is 2.38. The number of rotatable bonds is 1. The molecule has 0 radical (unpaired) electrons. The largest absolute Gasteiger partial charge is 0.381 e.